The largest absolute Gasteiger partial charge is 0.481 e. The lowest BCUT2D eigenvalue weighted by molar-refractivity contribution is -0.136. The number of carboxylic acids is 1. The molecular formula is C10H10N4O4. The number of fused-ring (bicyclic) bond motifs is 1. The standard InChI is InChI=1S/C10H10N4O4/c1-2-3-14-8-7(9(17)13-10(14)18)11-5(12-8)4-6(15)16/h2H,1,3-4H2,(H,11,12)(H,15,16)(H,13,17,18). The molecule has 3 N–H and O–H groups in total. The Morgan fingerprint density at radius 2 is 2.17 bits per heavy atom. The van der Waals surface area contributed by atoms with Crippen molar-refractivity contribution < 1.29 is 9.90 Å². The molecule has 0 spiro atoms. The smallest absolute Gasteiger partial charge is 0.330 e. The Morgan fingerprint density at radius 3 is 2.78 bits per heavy atom. The third-order valence-corrected chi connectivity index (χ3v) is 2.31. The molecule has 0 unspecified atom stereocenters. The molecule has 0 aromatic carbocycles. The number of aliphatic carboxylic acids is 1. The van der Waals surface area contributed by atoms with Crippen molar-refractivity contribution in [3.63, 3.8) is 0 Å². The summed E-state index contributed by atoms with van der Waals surface area (Å²) in [6, 6.07) is 0. The van der Waals surface area contributed by atoms with Gasteiger partial charge in [-0.25, -0.2) is 9.78 Å². The molecule has 2 aromatic rings. The molecule has 0 fully saturated rings. The molecule has 8 heteroatoms. The second-order valence-corrected chi connectivity index (χ2v) is 3.61. The molecule has 18 heavy (non-hydrogen) atoms. The van der Waals surface area contributed by atoms with Gasteiger partial charge in [0.15, 0.2) is 5.65 Å². The molecule has 2 heterocycles. The fraction of sp³-hybridized carbons (Fsp3) is 0.200. The monoisotopic (exact) mass is 250 g/mol. The Labute approximate surface area is 99.6 Å². The van der Waals surface area contributed by atoms with Gasteiger partial charge in [-0.3, -0.25) is 19.1 Å². The van der Waals surface area contributed by atoms with Crippen molar-refractivity contribution in [3.8, 4) is 0 Å². The van der Waals surface area contributed by atoms with Gasteiger partial charge >= 0.3 is 11.7 Å². The average molecular weight is 250 g/mol. The summed E-state index contributed by atoms with van der Waals surface area (Å²) in [5, 5.41) is 8.66. The molecule has 8 nitrogen and oxygen atoms in total. The summed E-state index contributed by atoms with van der Waals surface area (Å²) in [6.07, 6.45) is 1.13. The number of H-pyrrole nitrogens is 2. The van der Waals surface area contributed by atoms with E-state index in [0.717, 1.165) is 0 Å². The highest BCUT2D eigenvalue weighted by Crippen LogP contribution is 2.05. The van der Waals surface area contributed by atoms with Crippen LogP contribution in [0.2, 0.25) is 0 Å². The van der Waals surface area contributed by atoms with E-state index in [4.69, 9.17) is 5.11 Å². The predicted octanol–water partition coefficient (Wildman–Crippen LogP) is -0.774. The van der Waals surface area contributed by atoms with Crippen LogP contribution in [-0.2, 0) is 17.8 Å². The van der Waals surface area contributed by atoms with E-state index in [-0.39, 0.29) is 30.0 Å². The highest BCUT2D eigenvalue weighted by atomic mass is 16.4. The van der Waals surface area contributed by atoms with Gasteiger partial charge in [-0.2, -0.15) is 0 Å². The minimum Gasteiger partial charge on any atom is -0.481 e. The van der Waals surface area contributed by atoms with Crippen molar-refractivity contribution in [1.29, 1.82) is 0 Å². The normalized spacial score (nSPS) is 10.7. The zero-order valence-corrected chi connectivity index (χ0v) is 9.27. The second-order valence-electron chi connectivity index (χ2n) is 3.61. The van der Waals surface area contributed by atoms with Gasteiger partial charge in [0.25, 0.3) is 5.56 Å². The number of aromatic nitrogens is 4. The maximum atomic E-state index is 11.6. The van der Waals surface area contributed by atoms with Gasteiger partial charge in [0, 0.05) is 6.54 Å². The number of imidazole rings is 1. The zero-order chi connectivity index (χ0) is 13.3. The van der Waals surface area contributed by atoms with Crippen molar-refractivity contribution in [3.05, 3.63) is 39.3 Å². The zero-order valence-electron chi connectivity index (χ0n) is 9.27. The van der Waals surface area contributed by atoms with Crippen LogP contribution in [0.25, 0.3) is 11.2 Å². The van der Waals surface area contributed by atoms with E-state index < -0.39 is 17.2 Å². The topological polar surface area (TPSA) is 121 Å². The summed E-state index contributed by atoms with van der Waals surface area (Å²) in [5.74, 6) is -0.963. The molecule has 0 saturated heterocycles. The van der Waals surface area contributed by atoms with Crippen LogP contribution in [0.15, 0.2) is 22.2 Å². The van der Waals surface area contributed by atoms with Crippen LogP contribution in [0, 0.1) is 0 Å². The number of nitrogens with one attached hydrogen (secondary N) is 2. The van der Waals surface area contributed by atoms with Crippen LogP contribution in [0.1, 0.15) is 5.82 Å². The molecular weight excluding hydrogens is 240 g/mol. The molecule has 0 radical (unpaired) electrons. The molecule has 2 aromatic heterocycles. The third-order valence-electron chi connectivity index (χ3n) is 2.31. The van der Waals surface area contributed by atoms with Crippen molar-refractivity contribution in [2.24, 2.45) is 0 Å². The van der Waals surface area contributed by atoms with E-state index in [1.807, 2.05) is 0 Å². The van der Waals surface area contributed by atoms with Crippen molar-refractivity contribution in [2.45, 2.75) is 13.0 Å². The fourth-order valence-corrected chi connectivity index (χ4v) is 1.61. The lowest BCUT2D eigenvalue weighted by Gasteiger charge is -2.00. The Balaban J connectivity index is 2.73. The Bertz CT molecular complexity index is 736. The molecule has 0 aliphatic carbocycles. The number of nitrogens with zero attached hydrogens (tertiary/aromatic N) is 2. The highest BCUT2D eigenvalue weighted by Gasteiger charge is 2.13. The van der Waals surface area contributed by atoms with Crippen LogP contribution >= 0.6 is 0 Å². The Morgan fingerprint density at radius 1 is 1.44 bits per heavy atom. The van der Waals surface area contributed by atoms with Gasteiger partial charge in [-0.15, -0.1) is 6.58 Å². The van der Waals surface area contributed by atoms with E-state index in [0.29, 0.717) is 0 Å². The second kappa shape index (κ2) is 4.32. The van der Waals surface area contributed by atoms with Crippen LogP contribution in [0.3, 0.4) is 0 Å². The van der Waals surface area contributed by atoms with E-state index in [1.54, 1.807) is 0 Å². The first-order chi connectivity index (χ1) is 8.52. The first-order valence-corrected chi connectivity index (χ1v) is 5.07. The molecule has 0 saturated carbocycles. The van der Waals surface area contributed by atoms with Crippen molar-refractivity contribution in [2.75, 3.05) is 0 Å². The number of carbonyl (C=O) groups is 1. The predicted molar refractivity (Wildman–Crippen MR) is 62.5 cm³/mol. The van der Waals surface area contributed by atoms with Gasteiger partial charge in [0.2, 0.25) is 0 Å². The van der Waals surface area contributed by atoms with Gasteiger partial charge in [-0.1, -0.05) is 6.08 Å². The number of hydrogen-bond acceptors (Lipinski definition) is 4. The summed E-state index contributed by atoms with van der Waals surface area (Å²) < 4.78 is 1.20. The highest BCUT2D eigenvalue weighted by molar-refractivity contribution is 5.73. The lowest BCUT2D eigenvalue weighted by atomic mass is 10.4. The average Bonchev–Trinajstić information content (AvgIpc) is 2.67. The van der Waals surface area contributed by atoms with E-state index >= 15 is 0 Å². The van der Waals surface area contributed by atoms with Gasteiger partial charge in [0.1, 0.15) is 17.8 Å². The Kier molecular flexibility index (Phi) is 2.84. The molecule has 94 valence electrons. The van der Waals surface area contributed by atoms with Crippen LogP contribution in [-0.4, -0.2) is 30.6 Å². The number of allylic oxidation sites excluding steroid dienone is 1. The first kappa shape index (κ1) is 11.8. The van der Waals surface area contributed by atoms with Crippen molar-refractivity contribution >= 4 is 17.1 Å². The minimum atomic E-state index is -1.08. The molecule has 0 atom stereocenters. The number of hydrogen-bond donors (Lipinski definition) is 3. The molecule has 0 aliphatic heterocycles. The Hall–Kier alpha value is -2.64. The maximum absolute atomic E-state index is 11.6. The van der Waals surface area contributed by atoms with E-state index in [2.05, 4.69) is 21.5 Å². The maximum Gasteiger partial charge on any atom is 0.330 e. The fourth-order valence-electron chi connectivity index (χ4n) is 1.61. The molecule has 0 aliphatic rings. The SMILES string of the molecule is C=CCn1c(=O)[nH]c(=O)c2[nH]c(CC(=O)O)nc21. The van der Waals surface area contributed by atoms with Gasteiger partial charge in [-0.05, 0) is 0 Å². The summed E-state index contributed by atoms with van der Waals surface area (Å²) in [4.78, 5) is 42.3. The summed E-state index contributed by atoms with van der Waals surface area (Å²) in [7, 11) is 0. The number of aromatic amines is 2. The molecule has 0 amide bonds. The third kappa shape index (κ3) is 1.95. The van der Waals surface area contributed by atoms with Gasteiger partial charge in [0.05, 0.1) is 0 Å². The lowest BCUT2D eigenvalue weighted by Crippen LogP contribution is -2.30. The molecule has 0 bridgehead atoms. The summed E-state index contributed by atoms with van der Waals surface area (Å²) >= 11 is 0. The summed E-state index contributed by atoms with van der Waals surface area (Å²) in [6.45, 7) is 3.67. The summed E-state index contributed by atoms with van der Waals surface area (Å²) in [5.41, 5.74) is -1.03. The van der Waals surface area contributed by atoms with Crippen LogP contribution in [0.5, 0.6) is 0 Å². The number of carboxylic acid groups (broad SMARTS) is 1. The first-order valence-electron chi connectivity index (χ1n) is 5.07. The van der Waals surface area contributed by atoms with Gasteiger partial charge < -0.3 is 10.1 Å². The molecule has 2 rings (SSSR count). The van der Waals surface area contributed by atoms with Crippen molar-refractivity contribution in [1.82, 2.24) is 19.5 Å². The van der Waals surface area contributed by atoms with Crippen LogP contribution < -0.4 is 11.2 Å². The van der Waals surface area contributed by atoms with Crippen LogP contribution in [0.4, 0.5) is 0 Å². The minimum absolute atomic E-state index is 0.0766. The number of rotatable bonds is 4. The van der Waals surface area contributed by atoms with E-state index in [1.165, 1.54) is 10.6 Å². The van der Waals surface area contributed by atoms with E-state index in [9.17, 15) is 14.4 Å². The quantitative estimate of drug-likeness (QED) is 0.615.